The Kier molecular flexibility index (Phi) is 5.84. The van der Waals surface area contributed by atoms with Crippen LogP contribution in [0.25, 0.3) is 11.0 Å². The molecule has 0 radical (unpaired) electrons. The molecule has 0 bridgehead atoms. The summed E-state index contributed by atoms with van der Waals surface area (Å²) in [6, 6.07) is 13.5. The van der Waals surface area contributed by atoms with Crippen LogP contribution in [0.3, 0.4) is 0 Å². The maximum atomic E-state index is 11.7. The van der Waals surface area contributed by atoms with E-state index in [9.17, 15) is 4.79 Å². The van der Waals surface area contributed by atoms with Crippen molar-refractivity contribution in [2.75, 3.05) is 10.6 Å². The molecule has 0 saturated heterocycles. The maximum Gasteiger partial charge on any atom is 0.336 e. The molecule has 0 aliphatic rings. The molecular weight excluding hydrogens is 368 g/mol. The topological polar surface area (TPSA) is 54.3 Å². The monoisotopic (exact) mass is 394 g/mol. The van der Waals surface area contributed by atoms with E-state index in [0.29, 0.717) is 22.5 Å². The van der Waals surface area contributed by atoms with Crippen LogP contribution in [0.2, 0.25) is 0 Å². The second kappa shape index (κ2) is 8.15. The molecule has 146 valence electrons. The van der Waals surface area contributed by atoms with Gasteiger partial charge in [0, 0.05) is 28.9 Å². The van der Waals surface area contributed by atoms with Crippen LogP contribution in [0.15, 0.2) is 51.7 Å². The van der Waals surface area contributed by atoms with E-state index in [0.717, 1.165) is 22.3 Å². The van der Waals surface area contributed by atoms with Gasteiger partial charge in [0.25, 0.3) is 0 Å². The Morgan fingerprint density at radius 3 is 2.21 bits per heavy atom. The minimum atomic E-state index is -0.352. The van der Waals surface area contributed by atoms with E-state index in [-0.39, 0.29) is 5.63 Å². The van der Waals surface area contributed by atoms with Crippen molar-refractivity contribution in [3.05, 3.63) is 69.6 Å². The molecule has 0 aliphatic heterocycles. The van der Waals surface area contributed by atoms with Gasteiger partial charge in [0.1, 0.15) is 5.58 Å². The lowest BCUT2D eigenvalue weighted by molar-refractivity contribution is 0.560. The van der Waals surface area contributed by atoms with Crippen LogP contribution in [0.4, 0.5) is 11.4 Å². The van der Waals surface area contributed by atoms with Crippen molar-refractivity contribution in [3.63, 3.8) is 0 Å². The summed E-state index contributed by atoms with van der Waals surface area (Å²) >= 11 is 5.57. The molecule has 1 heterocycles. The first-order chi connectivity index (χ1) is 13.3. The van der Waals surface area contributed by atoms with Crippen LogP contribution >= 0.6 is 12.2 Å². The van der Waals surface area contributed by atoms with Crippen molar-refractivity contribution in [2.45, 2.75) is 46.5 Å². The molecule has 3 aromatic rings. The lowest BCUT2D eigenvalue weighted by Crippen LogP contribution is -2.21. The normalized spacial score (nSPS) is 11.2. The van der Waals surface area contributed by atoms with Gasteiger partial charge in [-0.05, 0) is 59.8 Å². The summed E-state index contributed by atoms with van der Waals surface area (Å²) in [5, 5.41) is 8.02. The van der Waals surface area contributed by atoms with E-state index in [4.69, 9.17) is 16.6 Å². The molecule has 0 aliphatic carbocycles. The van der Waals surface area contributed by atoms with Gasteiger partial charge in [-0.2, -0.15) is 0 Å². The Balaban J connectivity index is 1.89. The molecule has 0 amide bonds. The number of benzene rings is 2. The number of aryl methyl sites for hydroxylation is 1. The number of hydrogen-bond acceptors (Lipinski definition) is 3. The Bertz CT molecular complexity index is 1060. The fourth-order valence-electron chi connectivity index (χ4n) is 3.37. The SMILES string of the molecule is Cc1cc(=O)oc2cc(NC(=S)Nc3c(C(C)C)cccc3C(C)C)ccc12. The third-order valence-corrected chi connectivity index (χ3v) is 5.02. The number of thiocarbonyl (C=S) groups is 1. The molecule has 0 spiro atoms. The van der Waals surface area contributed by atoms with Gasteiger partial charge in [0.2, 0.25) is 0 Å². The molecule has 0 unspecified atom stereocenters. The van der Waals surface area contributed by atoms with Crippen LogP contribution in [0, 0.1) is 6.92 Å². The van der Waals surface area contributed by atoms with E-state index in [1.807, 2.05) is 19.1 Å². The van der Waals surface area contributed by atoms with Crippen molar-refractivity contribution in [1.29, 1.82) is 0 Å². The molecule has 2 N–H and O–H groups in total. The highest BCUT2D eigenvalue weighted by atomic mass is 32.1. The lowest BCUT2D eigenvalue weighted by Gasteiger charge is -2.21. The number of hydrogen-bond donors (Lipinski definition) is 2. The van der Waals surface area contributed by atoms with Gasteiger partial charge >= 0.3 is 5.63 Å². The van der Waals surface area contributed by atoms with Gasteiger partial charge in [-0.15, -0.1) is 0 Å². The van der Waals surface area contributed by atoms with E-state index in [1.54, 1.807) is 6.07 Å². The van der Waals surface area contributed by atoms with Crippen LogP contribution in [-0.4, -0.2) is 5.11 Å². The predicted molar refractivity (Wildman–Crippen MR) is 122 cm³/mol. The van der Waals surface area contributed by atoms with E-state index in [2.05, 4.69) is 56.5 Å². The largest absolute Gasteiger partial charge is 0.423 e. The van der Waals surface area contributed by atoms with Gasteiger partial charge in [0.15, 0.2) is 5.11 Å². The average Bonchev–Trinajstić information content (AvgIpc) is 2.60. The van der Waals surface area contributed by atoms with Crippen molar-refractivity contribution in [1.82, 2.24) is 0 Å². The van der Waals surface area contributed by atoms with Crippen molar-refractivity contribution >= 4 is 39.7 Å². The summed E-state index contributed by atoms with van der Waals surface area (Å²) < 4.78 is 5.32. The molecule has 0 fully saturated rings. The molecule has 4 nitrogen and oxygen atoms in total. The zero-order valence-electron chi connectivity index (χ0n) is 16.9. The van der Waals surface area contributed by atoms with Crippen LogP contribution in [0.5, 0.6) is 0 Å². The number of anilines is 2. The highest BCUT2D eigenvalue weighted by Crippen LogP contribution is 2.32. The summed E-state index contributed by atoms with van der Waals surface area (Å²) in [5.41, 5.74) is 5.38. The van der Waals surface area contributed by atoms with Crippen LogP contribution < -0.4 is 16.3 Å². The minimum Gasteiger partial charge on any atom is -0.423 e. The number of fused-ring (bicyclic) bond motifs is 1. The zero-order chi connectivity index (χ0) is 20.4. The maximum absolute atomic E-state index is 11.7. The molecule has 0 saturated carbocycles. The predicted octanol–water partition coefficient (Wildman–Crippen LogP) is 6.16. The van der Waals surface area contributed by atoms with Crippen molar-refractivity contribution in [3.8, 4) is 0 Å². The van der Waals surface area contributed by atoms with Gasteiger partial charge in [-0.3, -0.25) is 0 Å². The number of rotatable bonds is 4. The summed E-state index contributed by atoms with van der Waals surface area (Å²) in [5.74, 6) is 0.754. The molecule has 0 atom stereocenters. The van der Waals surface area contributed by atoms with Gasteiger partial charge in [-0.25, -0.2) is 4.79 Å². The number of para-hydroxylation sites is 1. The summed E-state index contributed by atoms with van der Waals surface area (Å²) in [6.45, 7) is 10.6. The van der Waals surface area contributed by atoms with Crippen molar-refractivity contribution in [2.24, 2.45) is 0 Å². The fraction of sp³-hybridized carbons (Fsp3) is 0.304. The highest BCUT2D eigenvalue weighted by molar-refractivity contribution is 7.80. The zero-order valence-corrected chi connectivity index (χ0v) is 17.7. The number of nitrogens with one attached hydrogen (secondary N) is 2. The quantitative estimate of drug-likeness (QED) is 0.410. The Labute approximate surface area is 171 Å². The first-order valence-corrected chi connectivity index (χ1v) is 9.92. The average molecular weight is 395 g/mol. The molecule has 2 aromatic carbocycles. The second-order valence-corrected chi connectivity index (χ2v) is 8.07. The Hall–Kier alpha value is -2.66. The van der Waals surface area contributed by atoms with Gasteiger partial charge < -0.3 is 15.1 Å². The van der Waals surface area contributed by atoms with Crippen LogP contribution in [-0.2, 0) is 0 Å². The van der Waals surface area contributed by atoms with Crippen LogP contribution in [0.1, 0.15) is 56.2 Å². The van der Waals surface area contributed by atoms with Gasteiger partial charge in [0.05, 0.1) is 0 Å². The smallest absolute Gasteiger partial charge is 0.336 e. The Morgan fingerprint density at radius 2 is 1.61 bits per heavy atom. The molecule has 1 aromatic heterocycles. The van der Waals surface area contributed by atoms with E-state index >= 15 is 0 Å². The van der Waals surface area contributed by atoms with E-state index in [1.165, 1.54) is 17.2 Å². The molecule has 3 rings (SSSR count). The lowest BCUT2D eigenvalue weighted by atomic mass is 9.93. The first kappa shape index (κ1) is 20.1. The summed E-state index contributed by atoms with van der Waals surface area (Å²) in [4.78, 5) is 11.7. The summed E-state index contributed by atoms with van der Waals surface area (Å²) in [6.07, 6.45) is 0. The molecule has 5 heteroatoms. The Morgan fingerprint density at radius 1 is 0.964 bits per heavy atom. The van der Waals surface area contributed by atoms with Gasteiger partial charge in [-0.1, -0.05) is 45.9 Å². The standard InChI is InChI=1S/C23H26N2O2S/c1-13(2)17-7-6-8-18(14(3)4)22(17)25-23(28)24-16-9-10-19-15(5)11-21(26)27-20(19)12-16/h6-14H,1-5H3,(H2,24,25,28). The summed E-state index contributed by atoms with van der Waals surface area (Å²) in [7, 11) is 0. The fourth-order valence-corrected chi connectivity index (χ4v) is 3.59. The second-order valence-electron chi connectivity index (χ2n) is 7.66. The van der Waals surface area contributed by atoms with Crippen molar-refractivity contribution < 1.29 is 4.42 Å². The third-order valence-electron chi connectivity index (χ3n) is 4.82. The minimum absolute atomic E-state index is 0.352. The first-order valence-electron chi connectivity index (χ1n) is 9.51. The van der Waals surface area contributed by atoms with E-state index < -0.39 is 0 Å². The highest BCUT2D eigenvalue weighted by Gasteiger charge is 2.15. The molecular formula is C23H26N2O2S. The molecule has 28 heavy (non-hydrogen) atoms. The third kappa shape index (κ3) is 4.25.